The van der Waals surface area contributed by atoms with Gasteiger partial charge >= 0.3 is 19.8 Å². The maximum atomic E-state index is 12.4. The van der Waals surface area contributed by atoms with Crippen LogP contribution in [0.3, 0.4) is 0 Å². The third-order valence-electron chi connectivity index (χ3n) is 10.4. The van der Waals surface area contributed by atoms with Gasteiger partial charge in [0, 0.05) is 12.8 Å². The Balaban J connectivity index is 3.89. The largest absolute Gasteiger partial charge is 0.472 e. The molecule has 0 spiro atoms. The zero-order valence-electron chi connectivity index (χ0n) is 37.7. The number of aliphatic hydroxyl groups is 2. The van der Waals surface area contributed by atoms with Gasteiger partial charge in [0.25, 0.3) is 0 Å². The van der Waals surface area contributed by atoms with Gasteiger partial charge in [-0.1, -0.05) is 192 Å². The smallest absolute Gasteiger partial charge is 0.457 e. The average Bonchev–Trinajstić information content (AvgIpc) is 3.22. The molecule has 3 atom stereocenters. The standard InChI is InChI=1S/C48H89O10P/c1-3-5-7-9-11-13-15-17-19-21-22-24-26-28-30-32-34-36-38-40-48(52)58-46(42-50)44-56-59(53,54)55-43-45(41-49)57-47(51)39-37-35-33-31-29-27-25-23-20-18-16-14-12-10-8-6-4-2/h11,13,17,19,22,24,45-46,49-50H,3-10,12,14-16,18,20-21,23,25-44H2,1-2H3,(H,53,54)/b13-11-,19-17-,24-22-. The first kappa shape index (κ1) is 57.2. The Kier molecular flexibility index (Phi) is 42.9. The third-order valence-corrected chi connectivity index (χ3v) is 11.3. The number of hydrogen-bond donors (Lipinski definition) is 3. The van der Waals surface area contributed by atoms with Gasteiger partial charge in [-0.2, -0.15) is 0 Å². The molecule has 10 nitrogen and oxygen atoms in total. The molecule has 0 heterocycles. The Morgan fingerprint density at radius 1 is 0.458 bits per heavy atom. The first-order chi connectivity index (χ1) is 28.8. The Hall–Kier alpha value is -1.81. The molecule has 11 heteroatoms. The number of carbonyl (C=O) groups excluding carboxylic acids is 2. The van der Waals surface area contributed by atoms with Crippen LogP contribution in [0.25, 0.3) is 0 Å². The van der Waals surface area contributed by atoms with Crippen LogP contribution < -0.4 is 0 Å². The van der Waals surface area contributed by atoms with Crippen molar-refractivity contribution in [3.05, 3.63) is 36.5 Å². The molecule has 3 unspecified atom stereocenters. The lowest BCUT2D eigenvalue weighted by Gasteiger charge is -2.20. The van der Waals surface area contributed by atoms with Gasteiger partial charge in [-0.3, -0.25) is 18.6 Å². The number of phosphoric acid groups is 1. The molecule has 346 valence electrons. The van der Waals surface area contributed by atoms with Crippen LogP contribution in [0.5, 0.6) is 0 Å². The Morgan fingerprint density at radius 3 is 1.10 bits per heavy atom. The van der Waals surface area contributed by atoms with E-state index in [4.69, 9.17) is 18.5 Å². The molecule has 0 aromatic rings. The van der Waals surface area contributed by atoms with E-state index >= 15 is 0 Å². The van der Waals surface area contributed by atoms with Gasteiger partial charge in [-0.15, -0.1) is 0 Å². The van der Waals surface area contributed by atoms with Crippen molar-refractivity contribution in [1.29, 1.82) is 0 Å². The van der Waals surface area contributed by atoms with Crippen molar-refractivity contribution in [2.45, 2.75) is 232 Å². The van der Waals surface area contributed by atoms with Crippen LogP contribution in [0.1, 0.15) is 219 Å². The van der Waals surface area contributed by atoms with Gasteiger partial charge in [0.1, 0.15) is 12.2 Å². The van der Waals surface area contributed by atoms with E-state index in [0.717, 1.165) is 70.6 Å². The summed E-state index contributed by atoms with van der Waals surface area (Å²) in [7, 11) is -4.64. The van der Waals surface area contributed by atoms with Crippen LogP contribution in [-0.4, -0.2) is 65.7 Å². The Bertz CT molecular complexity index is 1080. The van der Waals surface area contributed by atoms with Crippen molar-refractivity contribution in [3.8, 4) is 0 Å². The van der Waals surface area contributed by atoms with Gasteiger partial charge in [0.05, 0.1) is 26.4 Å². The van der Waals surface area contributed by atoms with Gasteiger partial charge in [-0.25, -0.2) is 4.57 Å². The van der Waals surface area contributed by atoms with Gasteiger partial charge < -0.3 is 24.6 Å². The van der Waals surface area contributed by atoms with Crippen molar-refractivity contribution < 1.29 is 47.8 Å². The number of phosphoric ester groups is 1. The number of ether oxygens (including phenoxy) is 2. The van der Waals surface area contributed by atoms with Crippen molar-refractivity contribution >= 4 is 19.8 Å². The van der Waals surface area contributed by atoms with E-state index in [2.05, 4.69) is 50.3 Å². The molecule has 0 saturated carbocycles. The minimum atomic E-state index is -4.64. The number of allylic oxidation sites excluding steroid dienone is 6. The maximum Gasteiger partial charge on any atom is 0.472 e. The maximum absolute atomic E-state index is 12.4. The number of aliphatic hydroxyl groups excluding tert-OH is 2. The normalized spacial score (nSPS) is 14.1. The number of hydrogen-bond acceptors (Lipinski definition) is 9. The highest BCUT2D eigenvalue weighted by atomic mass is 31.2. The summed E-state index contributed by atoms with van der Waals surface area (Å²) < 4.78 is 32.7. The lowest BCUT2D eigenvalue weighted by Crippen LogP contribution is -2.28. The van der Waals surface area contributed by atoms with Gasteiger partial charge in [-0.05, 0) is 51.4 Å². The minimum absolute atomic E-state index is 0.178. The molecule has 0 aliphatic heterocycles. The third kappa shape index (κ3) is 42.7. The van der Waals surface area contributed by atoms with Crippen LogP contribution in [0.2, 0.25) is 0 Å². The van der Waals surface area contributed by atoms with E-state index in [1.54, 1.807) is 0 Å². The summed E-state index contributed by atoms with van der Waals surface area (Å²) in [4.78, 5) is 34.6. The van der Waals surface area contributed by atoms with E-state index < -0.39 is 58.4 Å². The number of rotatable bonds is 45. The van der Waals surface area contributed by atoms with Crippen molar-refractivity contribution in [1.82, 2.24) is 0 Å². The van der Waals surface area contributed by atoms with E-state index in [1.807, 2.05) is 0 Å². The van der Waals surface area contributed by atoms with Crippen molar-refractivity contribution in [2.75, 3.05) is 26.4 Å². The summed E-state index contributed by atoms with van der Waals surface area (Å²) in [5, 5.41) is 19.2. The van der Waals surface area contributed by atoms with Crippen LogP contribution in [0.4, 0.5) is 0 Å². The Morgan fingerprint density at radius 2 is 0.746 bits per heavy atom. The van der Waals surface area contributed by atoms with E-state index in [-0.39, 0.29) is 12.8 Å². The second kappa shape index (κ2) is 44.3. The summed E-state index contributed by atoms with van der Waals surface area (Å²) in [5.41, 5.74) is 0. The summed E-state index contributed by atoms with van der Waals surface area (Å²) in [6.45, 7) is 2.20. The molecule has 0 aliphatic rings. The molecule has 0 bridgehead atoms. The van der Waals surface area contributed by atoms with Gasteiger partial charge in [0.15, 0.2) is 0 Å². The fourth-order valence-corrected chi connectivity index (χ4v) is 7.44. The predicted molar refractivity (Wildman–Crippen MR) is 242 cm³/mol. The molecule has 0 aromatic carbocycles. The lowest BCUT2D eigenvalue weighted by molar-refractivity contribution is -0.153. The number of unbranched alkanes of at least 4 members (excludes halogenated alkanes) is 25. The molecule has 0 saturated heterocycles. The van der Waals surface area contributed by atoms with Crippen LogP contribution in [0.15, 0.2) is 36.5 Å². The molecule has 0 radical (unpaired) electrons. The molecule has 0 aromatic heterocycles. The molecule has 0 fully saturated rings. The zero-order chi connectivity index (χ0) is 43.3. The van der Waals surface area contributed by atoms with Crippen LogP contribution in [0, 0.1) is 0 Å². The van der Waals surface area contributed by atoms with E-state index in [1.165, 1.54) is 109 Å². The molecular formula is C48H89O10P. The molecule has 0 amide bonds. The van der Waals surface area contributed by atoms with Crippen LogP contribution >= 0.6 is 7.82 Å². The summed E-state index contributed by atoms with van der Waals surface area (Å²) >= 11 is 0. The topological polar surface area (TPSA) is 149 Å². The minimum Gasteiger partial charge on any atom is -0.457 e. The first-order valence-electron chi connectivity index (χ1n) is 23.9. The Labute approximate surface area is 361 Å². The summed E-state index contributed by atoms with van der Waals surface area (Å²) in [6.07, 6.45) is 46.8. The second-order valence-corrected chi connectivity index (χ2v) is 17.6. The van der Waals surface area contributed by atoms with E-state index in [0.29, 0.717) is 12.8 Å². The number of esters is 2. The van der Waals surface area contributed by atoms with E-state index in [9.17, 15) is 29.3 Å². The first-order valence-corrected chi connectivity index (χ1v) is 25.4. The highest BCUT2D eigenvalue weighted by Gasteiger charge is 2.27. The lowest BCUT2D eigenvalue weighted by atomic mass is 10.0. The van der Waals surface area contributed by atoms with Crippen LogP contribution in [-0.2, 0) is 32.7 Å². The zero-order valence-corrected chi connectivity index (χ0v) is 38.6. The fraction of sp³-hybridized carbons (Fsp3) is 0.833. The van der Waals surface area contributed by atoms with Gasteiger partial charge in [0.2, 0.25) is 0 Å². The monoisotopic (exact) mass is 857 g/mol. The highest BCUT2D eigenvalue weighted by molar-refractivity contribution is 7.47. The van der Waals surface area contributed by atoms with Crippen molar-refractivity contribution in [3.63, 3.8) is 0 Å². The molecule has 3 N–H and O–H groups in total. The van der Waals surface area contributed by atoms with Crippen molar-refractivity contribution in [2.24, 2.45) is 0 Å². The molecule has 59 heavy (non-hydrogen) atoms. The highest BCUT2D eigenvalue weighted by Crippen LogP contribution is 2.43. The SMILES string of the molecule is CCCCC/C=C\C/C=C\C/C=C\CCCCCCCCC(=O)OC(CO)COP(=O)(O)OCC(CO)OC(=O)CCCCCCCCCCCCCCCCCCC. The second-order valence-electron chi connectivity index (χ2n) is 16.1. The summed E-state index contributed by atoms with van der Waals surface area (Å²) in [6, 6.07) is 0. The number of carbonyl (C=O) groups is 2. The fourth-order valence-electron chi connectivity index (χ4n) is 6.65. The molecule has 0 aliphatic carbocycles. The molecular weight excluding hydrogens is 767 g/mol. The quantitative estimate of drug-likeness (QED) is 0.0234. The average molecular weight is 857 g/mol. The summed E-state index contributed by atoms with van der Waals surface area (Å²) in [5.74, 6) is -1.02. The predicted octanol–water partition coefficient (Wildman–Crippen LogP) is 13.1. The molecule has 0 rings (SSSR count).